The number of aromatic amines is 1. The van der Waals surface area contributed by atoms with Crippen molar-refractivity contribution >= 4 is 27.3 Å². The van der Waals surface area contributed by atoms with Crippen molar-refractivity contribution in [1.29, 1.82) is 0 Å². The standard InChI is InChI=1S/C9H7BrN2OS/c1-5-4-8(13)11-12-9(5)6-2-3-7(10)14-6/h2-4H,1H3,(H,11,13). The van der Waals surface area contributed by atoms with Gasteiger partial charge in [-0.25, -0.2) is 5.10 Å². The zero-order valence-electron chi connectivity index (χ0n) is 7.37. The molecule has 0 aliphatic rings. The van der Waals surface area contributed by atoms with E-state index in [1.165, 1.54) is 0 Å². The molecule has 0 fully saturated rings. The van der Waals surface area contributed by atoms with Crippen molar-refractivity contribution in [3.8, 4) is 10.6 Å². The molecule has 0 amide bonds. The Morgan fingerprint density at radius 2 is 2.29 bits per heavy atom. The summed E-state index contributed by atoms with van der Waals surface area (Å²) >= 11 is 4.98. The molecule has 72 valence electrons. The Morgan fingerprint density at radius 3 is 2.86 bits per heavy atom. The average molecular weight is 271 g/mol. The van der Waals surface area contributed by atoms with Gasteiger partial charge in [-0.1, -0.05) is 0 Å². The molecule has 2 aromatic rings. The summed E-state index contributed by atoms with van der Waals surface area (Å²) in [4.78, 5) is 12.0. The van der Waals surface area contributed by atoms with Crippen molar-refractivity contribution in [3.63, 3.8) is 0 Å². The lowest BCUT2D eigenvalue weighted by molar-refractivity contribution is 0.984. The number of hydrogen-bond acceptors (Lipinski definition) is 3. The van der Waals surface area contributed by atoms with E-state index in [0.29, 0.717) is 0 Å². The number of nitrogens with zero attached hydrogens (tertiary/aromatic N) is 1. The van der Waals surface area contributed by atoms with Crippen molar-refractivity contribution in [1.82, 2.24) is 10.2 Å². The first kappa shape index (κ1) is 9.61. The second kappa shape index (κ2) is 3.67. The molecule has 2 heterocycles. The van der Waals surface area contributed by atoms with Crippen LogP contribution in [0.4, 0.5) is 0 Å². The third kappa shape index (κ3) is 1.78. The summed E-state index contributed by atoms with van der Waals surface area (Å²) < 4.78 is 1.06. The summed E-state index contributed by atoms with van der Waals surface area (Å²) in [5.74, 6) is 0. The fraction of sp³-hybridized carbons (Fsp3) is 0.111. The molecule has 0 spiro atoms. The fourth-order valence-electron chi connectivity index (χ4n) is 1.19. The van der Waals surface area contributed by atoms with Crippen molar-refractivity contribution in [3.05, 3.63) is 37.9 Å². The van der Waals surface area contributed by atoms with E-state index in [9.17, 15) is 4.79 Å². The van der Waals surface area contributed by atoms with Crippen LogP contribution in [0, 0.1) is 6.92 Å². The molecule has 0 saturated heterocycles. The number of thiophene rings is 1. The summed E-state index contributed by atoms with van der Waals surface area (Å²) in [6.07, 6.45) is 0. The summed E-state index contributed by atoms with van der Waals surface area (Å²) in [5, 5.41) is 6.45. The minimum absolute atomic E-state index is 0.165. The van der Waals surface area contributed by atoms with Gasteiger partial charge in [0.2, 0.25) is 0 Å². The number of hydrogen-bond donors (Lipinski definition) is 1. The van der Waals surface area contributed by atoms with Crippen LogP contribution in [0.3, 0.4) is 0 Å². The van der Waals surface area contributed by atoms with Gasteiger partial charge in [0.1, 0.15) is 5.69 Å². The molecule has 2 aromatic heterocycles. The highest BCUT2D eigenvalue weighted by Gasteiger charge is 2.06. The first-order valence-electron chi connectivity index (χ1n) is 3.99. The first-order valence-corrected chi connectivity index (χ1v) is 5.60. The van der Waals surface area contributed by atoms with Crippen LogP contribution in [0.5, 0.6) is 0 Å². The lowest BCUT2D eigenvalue weighted by Crippen LogP contribution is -2.07. The molecule has 0 aromatic carbocycles. The Kier molecular flexibility index (Phi) is 2.52. The SMILES string of the molecule is Cc1cc(=O)[nH]nc1-c1ccc(Br)s1. The Bertz CT molecular complexity index is 518. The highest BCUT2D eigenvalue weighted by molar-refractivity contribution is 9.11. The molecule has 0 bridgehead atoms. The lowest BCUT2D eigenvalue weighted by atomic mass is 10.2. The highest BCUT2D eigenvalue weighted by Crippen LogP contribution is 2.30. The van der Waals surface area contributed by atoms with Gasteiger partial charge >= 0.3 is 0 Å². The minimum atomic E-state index is -0.165. The zero-order chi connectivity index (χ0) is 10.1. The minimum Gasteiger partial charge on any atom is -0.268 e. The molecule has 0 saturated carbocycles. The third-order valence-electron chi connectivity index (χ3n) is 1.81. The quantitative estimate of drug-likeness (QED) is 0.866. The van der Waals surface area contributed by atoms with E-state index >= 15 is 0 Å². The van der Waals surface area contributed by atoms with E-state index in [-0.39, 0.29) is 5.56 Å². The summed E-state index contributed by atoms with van der Waals surface area (Å²) in [6.45, 7) is 1.88. The van der Waals surface area contributed by atoms with Crippen LogP contribution < -0.4 is 5.56 Å². The van der Waals surface area contributed by atoms with Crippen LogP contribution in [0.1, 0.15) is 5.56 Å². The third-order valence-corrected chi connectivity index (χ3v) is 3.44. The number of aryl methyl sites for hydroxylation is 1. The molecular weight excluding hydrogens is 264 g/mol. The van der Waals surface area contributed by atoms with E-state index in [1.54, 1.807) is 17.4 Å². The van der Waals surface area contributed by atoms with Gasteiger partial charge in [0.25, 0.3) is 5.56 Å². The van der Waals surface area contributed by atoms with Gasteiger partial charge in [0.05, 0.1) is 8.66 Å². The van der Waals surface area contributed by atoms with Crippen LogP contribution in [0.25, 0.3) is 10.6 Å². The van der Waals surface area contributed by atoms with Crippen LogP contribution in [-0.4, -0.2) is 10.2 Å². The molecular formula is C9H7BrN2OS. The van der Waals surface area contributed by atoms with Crippen LogP contribution in [0.2, 0.25) is 0 Å². The molecule has 2 rings (SSSR count). The maximum absolute atomic E-state index is 11.0. The molecule has 0 aliphatic carbocycles. The maximum atomic E-state index is 11.0. The monoisotopic (exact) mass is 270 g/mol. The fourth-order valence-corrected chi connectivity index (χ4v) is 2.63. The number of H-pyrrole nitrogens is 1. The van der Waals surface area contributed by atoms with Crippen LogP contribution >= 0.6 is 27.3 Å². The maximum Gasteiger partial charge on any atom is 0.264 e. The second-order valence-corrected chi connectivity index (χ2v) is 5.33. The molecule has 3 nitrogen and oxygen atoms in total. The number of halogens is 1. The topological polar surface area (TPSA) is 45.8 Å². The highest BCUT2D eigenvalue weighted by atomic mass is 79.9. The molecule has 0 radical (unpaired) electrons. The van der Waals surface area contributed by atoms with Gasteiger partial charge in [-0.2, -0.15) is 5.10 Å². The number of rotatable bonds is 1. The van der Waals surface area contributed by atoms with E-state index in [1.807, 2.05) is 19.1 Å². The smallest absolute Gasteiger partial charge is 0.264 e. The Hall–Kier alpha value is -0.940. The van der Waals surface area contributed by atoms with Crippen molar-refractivity contribution in [2.75, 3.05) is 0 Å². The number of aromatic nitrogens is 2. The molecule has 5 heteroatoms. The van der Waals surface area contributed by atoms with Gasteiger partial charge in [0, 0.05) is 6.07 Å². The van der Waals surface area contributed by atoms with E-state index in [2.05, 4.69) is 26.1 Å². The second-order valence-electron chi connectivity index (χ2n) is 2.87. The number of nitrogens with one attached hydrogen (secondary N) is 1. The Balaban J connectivity index is 2.57. The van der Waals surface area contributed by atoms with Crippen LogP contribution in [0.15, 0.2) is 26.8 Å². The normalized spacial score (nSPS) is 10.4. The van der Waals surface area contributed by atoms with Gasteiger partial charge in [-0.05, 0) is 40.5 Å². The van der Waals surface area contributed by atoms with Gasteiger partial charge in [0.15, 0.2) is 0 Å². The average Bonchev–Trinajstić information content (AvgIpc) is 2.51. The van der Waals surface area contributed by atoms with Crippen molar-refractivity contribution < 1.29 is 0 Å². The van der Waals surface area contributed by atoms with Gasteiger partial charge < -0.3 is 0 Å². The molecule has 1 N–H and O–H groups in total. The van der Waals surface area contributed by atoms with Crippen molar-refractivity contribution in [2.24, 2.45) is 0 Å². The van der Waals surface area contributed by atoms with E-state index < -0.39 is 0 Å². The molecule has 0 atom stereocenters. The zero-order valence-corrected chi connectivity index (χ0v) is 9.78. The Labute approximate surface area is 92.9 Å². The molecule has 0 aliphatic heterocycles. The summed E-state index contributed by atoms with van der Waals surface area (Å²) in [5.41, 5.74) is 1.56. The largest absolute Gasteiger partial charge is 0.268 e. The van der Waals surface area contributed by atoms with E-state index in [0.717, 1.165) is 19.9 Å². The molecule has 14 heavy (non-hydrogen) atoms. The lowest BCUT2D eigenvalue weighted by Gasteiger charge is -1.98. The van der Waals surface area contributed by atoms with Gasteiger partial charge in [-0.15, -0.1) is 11.3 Å². The first-order chi connectivity index (χ1) is 6.66. The predicted molar refractivity (Wildman–Crippen MR) is 60.6 cm³/mol. The molecule has 0 unspecified atom stereocenters. The van der Waals surface area contributed by atoms with Gasteiger partial charge in [-0.3, -0.25) is 4.79 Å². The summed E-state index contributed by atoms with van der Waals surface area (Å²) in [6, 6.07) is 5.49. The predicted octanol–water partition coefficient (Wildman–Crippen LogP) is 2.57. The Morgan fingerprint density at radius 1 is 1.50 bits per heavy atom. The van der Waals surface area contributed by atoms with Crippen molar-refractivity contribution in [2.45, 2.75) is 6.92 Å². The summed E-state index contributed by atoms with van der Waals surface area (Å²) in [7, 11) is 0. The van der Waals surface area contributed by atoms with E-state index in [4.69, 9.17) is 0 Å². The van der Waals surface area contributed by atoms with Crippen LogP contribution in [-0.2, 0) is 0 Å².